The molecule has 2 aromatic carbocycles. The first-order valence-electron chi connectivity index (χ1n) is 9.42. The van der Waals surface area contributed by atoms with Crippen LogP contribution in [0.25, 0.3) is 0 Å². The maximum absolute atomic E-state index is 12.4. The number of ketones is 1. The van der Waals surface area contributed by atoms with Gasteiger partial charge in [0, 0.05) is 11.1 Å². The van der Waals surface area contributed by atoms with Crippen LogP contribution >= 0.6 is 34.4 Å². The smallest absolute Gasteiger partial charge is 0.230 e. The molecule has 1 amide bonds. The van der Waals surface area contributed by atoms with E-state index in [2.05, 4.69) is 10.3 Å². The van der Waals surface area contributed by atoms with Crippen molar-refractivity contribution in [1.29, 1.82) is 0 Å². The lowest BCUT2D eigenvalue weighted by atomic mass is 10.2. The highest BCUT2D eigenvalue weighted by atomic mass is 32.2. The number of benzene rings is 2. The molecule has 0 radical (unpaired) electrons. The fourth-order valence-electron chi connectivity index (χ4n) is 2.67. The van der Waals surface area contributed by atoms with Gasteiger partial charge in [-0.1, -0.05) is 36.0 Å². The maximum Gasteiger partial charge on any atom is 0.230 e. The van der Waals surface area contributed by atoms with E-state index in [9.17, 15) is 9.59 Å². The summed E-state index contributed by atoms with van der Waals surface area (Å²) in [5.41, 5.74) is 1.38. The molecule has 8 heteroatoms. The van der Waals surface area contributed by atoms with Crippen molar-refractivity contribution in [2.24, 2.45) is 0 Å². The van der Waals surface area contributed by atoms with Crippen LogP contribution in [-0.2, 0) is 11.2 Å². The highest BCUT2D eigenvalue weighted by Gasteiger charge is 2.12. The second kappa shape index (κ2) is 10.4. The molecule has 31 heavy (non-hydrogen) atoms. The first kappa shape index (κ1) is 21.3. The fraction of sp³-hybridized carbons (Fsp3) is 0.0870. The molecule has 0 aliphatic rings. The number of anilines is 1. The van der Waals surface area contributed by atoms with Crippen LogP contribution in [0.1, 0.15) is 15.4 Å². The molecule has 0 fully saturated rings. The molecule has 4 rings (SSSR count). The van der Waals surface area contributed by atoms with Crippen LogP contribution in [0.5, 0.6) is 11.5 Å². The monoisotopic (exact) mass is 466 g/mol. The van der Waals surface area contributed by atoms with Gasteiger partial charge in [-0.15, -0.1) is 22.7 Å². The number of aromatic nitrogens is 1. The first-order chi connectivity index (χ1) is 15.2. The fourth-order valence-corrected chi connectivity index (χ4v) is 5.16. The number of rotatable bonds is 9. The van der Waals surface area contributed by atoms with E-state index in [0.717, 1.165) is 15.0 Å². The summed E-state index contributed by atoms with van der Waals surface area (Å²) in [7, 11) is 0. The van der Waals surface area contributed by atoms with Gasteiger partial charge in [-0.05, 0) is 47.8 Å². The van der Waals surface area contributed by atoms with Crippen molar-refractivity contribution in [3.05, 3.63) is 88.1 Å². The van der Waals surface area contributed by atoms with Gasteiger partial charge < -0.3 is 10.1 Å². The molecule has 0 aliphatic heterocycles. The number of thiazole rings is 1. The Bertz CT molecular complexity index is 1140. The Hall–Kier alpha value is -2.94. The Morgan fingerprint density at radius 1 is 0.935 bits per heavy atom. The molecule has 0 saturated carbocycles. The van der Waals surface area contributed by atoms with Gasteiger partial charge in [0.05, 0.1) is 22.7 Å². The third-order valence-electron chi connectivity index (χ3n) is 4.11. The molecule has 4 aromatic rings. The molecule has 0 spiro atoms. The van der Waals surface area contributed by atoms with Crippen molar-refractivity contribution in [3.63, 3.8) is 0 Å². The van der Waals surface area contributed by atoms with Crippen LogP contribution in [0.2, 0.25) is 0 Å². The summed E-state index contributed by atoms with van der Waals surface area (Å²) in [5, 5.41) is 6.62. The maximum atomic E-state index is 12.4. The first-order valence-corrected chi connectivity index (χ1v) is 12.2. The Morgan fingerprint density at radius 3 is 2.45 bits per heavy atom. The lowest BCUT2D eigenvalue weighted by Gasteiger charge is -2.07. The minimum absolute atomic E-state index is 0.0918. The normalized spacial score (nSPS) is 10.6. The standard InChI is InChI=1S/C23H18N2O3S3/c26-20(21-7-4-12-29-21)15-31-23-25-17(14-30-23)13-22(27)24-16-8-10-19(11-9-16)28-18-5-2-1-3-6-18/h1-12,14H,13,15H2,(H,24,27). The second-order valence-electron chi connectivity index (χ2n) is 6.46. The molecule has 1 N–H and O–H groups in total. The zero-order valence-electron chi connectivity index (χ0n) is 16.3. The Morgan fingerprint density at radius 2 is 1.71 bits per heavy atom. The van der Waals surface area contributed by atoms with Crippen molar-refractivity contribution < 1.29 is 14.3 Å². The molecule has 5 nitrogen and oxygen atoms in total. The number of nitrogens with zero attached hydrogens (tertiary/aromatic N) is 1. The summed E-state index contributed by atoms with van der Waals surface area (Å²) in [6.07, 6.45) is 0.179. The van der Waals surface area contributed by atoms with Gasteiger partial charge in [-0.25, -0.2) is 4.98 Å². The van der Waals surface area contributed by atoms with E-state index in [1.165, 1.54) is 34.4 Å². The van der Waals surface area contributed by atoms with Crippen molar-refractivity contribution >= 4 is 51.8 Å². The summed E-state index contributed by atoms with van der Waals surface area (Å²) in [4.78, 5) is 29.6. The zero-order valence-corrected chi connectivity index (χ0v) is 18.8. The van der Waals surface area contributed by atoms with Crippen molar-refractivity contribution in [2.45, 2.75) is 10.8 Å². The van der Waals surface area contributed by atoms with E-state index < -0.39 is 0 Å². The predicted octanol–water partition coefficient (Wildman–Crippen LogP) is 6.15. The molecule has 0 bridgehead atoms. The third-order valence-corrected chi connectivity index (χ3v) is 7.09. The third kappa shape index (κ3) is 6.27. The van der Waals surface area contributed by atoms with Crippen LogP contribution in [0, 0.1) is 0 Å². The Balaban J connectivity index is 1.25. The average Bonchev–Trinajstić information content (AvgIpc) is 3.47. The number of ether oxygens (including phenoxy) is 1. The van der Waals surface area contributed by atoms with Gasteiger partial charge in [0.1, 0.15) is 11.5 Å². The SMILES string of the molecule is O=C(Cc1csc(SCC(=O)c2cccs2)n1)Nc1ccc(Oc2ccccc2)cc1. The molecule has 0 unspecified atom stereocenters. The number of thiophene rings is 1. The number of carbonyl (C=O) groups is 2. The summed E-state index contributed by atoms with van der Waals surface area (Å²) < 4.78 is 6.54. The van der Waals surface area contributed by atoms with Gasteiger partial charge in [0.2, 0.25) is 5.91 Å². The van der Waals surface area contributed by atoms with Gasteiger partial charge in [0.15, 0.2) is 10.1 Å². The molecule has 0 saturated heterocycles. The molecule has 2 aromatic heterocycles. The van der Waals surface area contributed by atoms with E-state index in [1.54, 1.807) is 12.1 Å². The van der Waals surface area contributed by atoms with Crippen LogP contribution in [0.4, 0.5) is 5.69 Å². The summed E-state index contributed by atoms with van der Waals surface area (Å²) >= 11 is 4.29. The number of amides is 1. The highest BCUT2D eigenvalue weighted by molar-refractivity contribution is 8.01. The minimum Gasteiger partial charge on any atom is -0.457 e. The van der Waals surface area contributed by atoms with E-state index in [0.29, 0.717) is 22.9 Å². The molecule has 156 valence electrons. The van der Waals surface area contributed by atoms with E-state index in [4.69, 9.17) is 4.74 Å². The summed E-state index contributed by atoms with van der Waals surface area (Å²) in [6, 6.07) is 20.4. The number of thioether (sulfide) groups is 1. The molecule has 2 heterocycles. The molecule has 0 aliphatic carbocycles. The molecular weight excluding hydrogens is 448 g/mol. The van der Waals surface area contributed by atoms with Crippen LogP contribution < -0.4 is 10.1 Å². The van der Waals surface area contributed by atoms with Gasteiger partial charge in [-0.3, -0.25) is 9.59 Å². The van der Waals surface area contributed by atoms with E-state index in [1.807, 2.05) is 65.4 Å². The van der Waals surface area contributed by atoms with E-state index >= 15 is 0 Å². The Labute approximate surface area is 192 Å². The minimum atomic E-state index is -0.145. The molecule has 0 atom stereocenters. The number of para-hydroxylation sites is 1. The summed E-state index contributed by atoms with van der Waals surface area (Å²) in [5.74, 6) is 1.75. The number of hydrogen-bond acceptors (Lipinski definition) is 7. The largest absolute Gasteiger partial charge is 0.457 e. The topological polar surface area (TPSA) is 68.3 Å². The lowest BCUT2D eigenvalue weighted by molar-refractivity contribution is -0.115. The van der Waals surface area contributed by atoms with Crippen LogP contribution in [-0.4, -0.2) is 22.4 Å². The van der Waals surface area contributed by atoms with Crippen LogP contribution in [0.15, 0.2) is 81.8 Å². The lowest BCUT2D eigenvalue weighted by Crippen LogP contribution is -2.14. The zero-order chi connectivity index (χ0) is 21.5. The number of nitrogens with one attached hydrogen (secondary N) is 1. The quantitative estimate of drug-likeness (QED) is 0.237. The molecular formula is C23H18N2O3S3. The van der Waals surface area contributed by atoms with Crippen molar-refractivity contribution in [2.75, 3.05) is 11.1 Å². The Kier molecular flexibility index (Phi) is 7.14. The van der Waals surface area contributed by atoms with Crippen LogP contribution in [0.3, 0.4) is 0 Å². The van der Waals surface area contributed by atoms with Gasteiger partial charge in [-0.2, -0.15) is 0 Å². The predicted molar refractivity (Wildman–Crippen MR) is 127 cm³/mol. The second-order valence-corrected chi connectivity index (χ2v) is 9.49. The highest BCUT2D eigenvalue weighted by Crippen LogP contribution is 2.25. The number of Topliss-reactive ketones (excluding diaryl/α,β-unsaturated/α-hetero) is 1. The van der Waals surface area contributed by atoms with Gasteiger partial charge >= 0.3 is 0 Å². The average molecular weight is 467 g/mol. The van der Waals surface area contributed by atoms with Crippen molar-refractivity contribution in [1.82, 2.24) is 4.98 Å². The van der Waals surface area contributed by atoms with Crippen molar-refractivity contribution in [3.8, 4) is 11.5 Å². The van der Waals surface area contributed by atoms with Gasteiger partial charge in [0.25, 0.3) is 0 Å². The number of hydrogen-bond donors (Lipinski definition) is 1. The number of carbonyl (C=O) groups excluding carboxylic acids is 2. The summed E-state index contributed by atoms with van der Waals surface area (Å²) in [6.45, 7) is 0. The van der Waals surface area contributed by atoms with E-state index in [-0.39, 0.29) is 18.1 Å².